The van der Waals surface area contributed by atoms with Crippen LogP contribution in [0.2, 0.25) is 0 Å². The Labute approximate surface area is 89.8 Å². The molecule has 0 aromatic carbocycles. The average Bonchev–Trinajstić information content (AvgIpc) is 2.19. The maximum atomic E-state index is 10.8. The molecular weight excluding hydrogens is 192 g/mol. The van der Waals surface area contributed by atoms with Gasteiger partial charge in [-0.2, -0.15) is 0 Å². The van der Waals surface area contributed by atoms with E-state index in [2.05, 4.69) is 18.4 Å². The third-order valence-corrected chi connectivity index (χ3v) is 1.66. The van der Waals surface area contributed by atoms with Gasteiger partial charge < -0.3 is 9.47 Å². The lowest BCUT2D eigenvalue weighted by Gasteiger charge is -2.19. The Morgan fingerprint density at radius 1 is 1.80 bits per heavy atom. The Morgan fingerprint density at radius 2 is 2.53 bits per heavy atom. The molecule has 0 unspecified atom stereocenters. The van der Waals surface area contributed by atoms with Crippen molar-refractivity contribution in [2.45, 2.75) is 26.2 Å². The van der Waals surface area contributed by atoms with Gasteiger partial charge in [0.15, 0.2) is 12.1 Å². The summed E-state index contributed by atoms with van der Waals surface area (Å²) in [6.07, 6.45) is 2.33. The van der Waals surface area contributed by atoms with Gasteiger partial charge in [0, 0.05) is 0 Å². The molecule has 1 heterocycles. The quantitative estimate of drug-likeness (QED) is 0.641. The predicted molar refractivity (Wildman–Crippen MR) is 57.0 cm³/mol. The third-order valence-electron chi connectivity index (χ3n) is 1.66. The van der Waals surface area contributed by atoms with Gasteiger partial charge in [-0.3, -0.25) is 4.79 Å². The summed E-state index contributed by atoms with van der Waals surface area (Å²) in [5.74, 6) is 5.65. The minimum atomic E-state index is -0.475. The van der Waals surface area contributed by atoms with Gasteiger partial charge in [-0.05, 0) is 31.6 Å². The third kappa shape index (κ3) is 4.59. The predicted octanol–water partition coefficient (Wildman–Crippen LogP) is 1.45. The number of hydrogen-bond acceptors (Lipinski definition) is 3. The Morgan fingerprint density at radius 3 is 3.07 bits per heavy atom. The Kier molecular flexibility index (Phi) is 4.29. The van der Waals surface area contributed by atoms with Crippen LogP contribution >= 0.6 is 0 Å². The van der Waals surface area contributed by atoms with E-state index in [0.29, 0.717) is 0 Å². The lowest BCUT2D eigenvalue weighted by molar-refractivity contribution is -0.147. The maximum absolute atomic E-state index is 10.8. The normalized spacial score (nSPS) is 21.7. The Hall–Kier alpha value is -1.37. The van der Waals surface area contributed by atoms with Crippen molar-refractivity contribution in [3.63, 3.8) is 0 Å². The molecule has 1 aliphatic heterocycles. The zero-order chi connectivity index (χ0) is 11.3. The molecule has 0 aliphatic carbocycles. The Bertz CT molecular complexity index is 344. The van der Waals surface area contributed by atoms with Crippen molar-refractivity contribution in [2.24, 2.45) is 0 Å². The lowest BCUT2D eigenvalue weighted by atomic mass is 10.3. The van der Waals surface area contributed by atoms with E-state index in [4.69, 9.17) is 9.47 Å². The zero-order valence-corrected chi connectivity index (χ0v) is 8.95. The van der Waals surface area contributed by atoms with Crippen LogP contribution in [0.15, 0.2) is 24.3 Å². The first-order valence-electron chi connectivity index (χ1n) is 4.73. The van der Waals surface area contributed by atoms with Crippen LogP contribution in [0.4, 0.5) is 0 Å². The molecule has 0 aromatic heterocycles. The van der Waals surface area contributed by atoms with Crippen LogP contribution in [0.3, 0.4) is 0 Å². The van der Waals surface area contributed by atoms with Crippen molar-refractivity contribution in [1.82, 2.24) is 0 Å². The van der Waals surface area contributed by atoms with Crippen LogP contribution in [0.1, 0.15) is 13.8 Å². The van der Waals surface area contributed by atoms with E-state index in [1.54, 1.807) is 6.08 Å². The molecule has 0 spiro atoms. The topological polar surface area (TPSA) is 35.5 Å². The summed E-state index contributed by atoms with van der Waals surface area (Å²) in [5, 5.41) is 0. The minimum absolute atomic E-state index is 0.0458. The highest BCUT2D eigenvalue weighted by molar-refractivity contribution is 5.91. The van der Waals surface area contributed by atoms with E-state index in [9.17, 15) is 4.79 Å². The largest absolute Gasteiger partial charge is 0.341 e. The van der Waals surface area contributed by atoms with Crippen molar-refractivity contribution >= 4 is 5.78 Å². The van der Waals surface area contributed by atoms with Crippen LogP contribution in [0.25, 0.3) is 0 Å². The van der Waals surface area contributed by atoms with E-state index in [0.717, 1.165) is 5.57 Å². The second-order valence-electron chi connectivity index (χ2n) is 3.33. The van der Waals surface area contributed by atoms with E-state index in [1.807, 2.05) is 13.8 Å². The van der Waals surface area contributed by atoms with E-state index < -0.39 is 6.29 Å². The molecular formula is C12H14O3. The van der Waals surface area contributed by atoms with Crippen LogP contribution in [-0.2, 0) is 14.3 Å². The highest BCUT2D eigenvalue weighted by Crippen LogP contribution is 2.06. The summed E-state index contributed by atoms with van der Waals surface area (Å²) in [7, 11) is 0. The molecule has 0 amide bonds. The maximum Gasteiger partial charge on any atom is 0.181 e. The number of ether oxygens (including phenoxy) is 2. The van der Waals surface area contributed by atoms with Gasteiger partial charge in [-0.1, -0.05) is 18.4 Å². The summed E-state index contributed by atoms with van der Waals surface area (Å²) < 4.78 is 10.5. The summed E-state index contributed by atoms with van der Waals surface area (Å²) in [6.45, 7) is 7.39. The fourth-order valence-corrected chi connectivity index (χ4v) is 0.999. The number of hydrogen-bond donors (Lipinski definition) is 0. The van der Waals surface area contributed by atoms with E-state index in [1.165, 1.54) is 6.08 Å². The smallest absolute Gasteiger partial charge is 0.181 e. The van der Waals surface area contributed by atoms with Gasteiger partial charge in [0.25, 0.3) is 0 Å². The molecule has 2 atom stereocenters. The van der Waals surface area contributed by atoms with Crippen LogP contribution < -0.4 is 0 Å². The lowest BCUT2D eigenvalue weighted by Crippen LogP contribution is -2.26. The molecule has 0 bridgehead atoms. The molecule has 3 heteroatoms. The highest BCUT2D eigenvalue weighted by Gasteiger charge is 2.15. The summed E-state index contributed by atoms with van der Waals surface area (Å²) in [4.78, 5) is 10.8. The zero-order valence-electron chi connectivity index (χ0n) is 8.95. The number of carbonyl (C=O) groups excluding carboxylic acids is 1. The molecule has 0 radical (unpaired) electrons. The van der Waals surface area contributed by atoms with Gasteiger partial charge in [0.1, 0.15) is 12.7 Å². The number of carbonyl (C=O) groups is 1. The molecule has 1 rings (SSSR count). The molecule has 80 valence electrons. The standard InChI is InChI=1S/C12H14O3/c1-9(2)4-5-10(3)15-12-7-6-11(13)8-14-12/h6-7,10,12H,1,8H2,2-3H3/t10-,12-/m1/s1. The summed E-state index contributed by atoms with van der Waals surface area (Å²) in [5.41, 5.74) is 0.792. The molecule has 0 fully saturated rings. The molecule has 0 saturated heterocycles. The van der Waals surface area contributed by atoms with Crippen LogP contribution in [0, 0.1) is 11.8 Å². The van der Waals surface area contributed by atoms with Crippen molar-refractivity contribution in [1.29, 1.82) is 0 Å². The van der Waals surface area contributed by atoms with E-state index in [-0.39, 0.29) is 18.5 Å². The second kappa shape index (κ2) is 5.50. The first-order valence-corrected chi connectivity index (χ1v) is 4.73. The molecule has 0 aromatic rings. The molecule has 15 heavy (non-hydrogen) atoms. The van der Waals surface area contributed by atoms with Crippen molar-refractivity contribution < 1.29 is 14.3 Å². The van der Waals surface area contributed by atoms with Gasteiger partial charge >= 0.3 is 0 Å². The van der Waals surface area contributed by atoms with Crippen molar-refractivity contribution in [2.75, 3.05) is 6.61 Å². The Balaban J connectivity index is 2.43. The molecule has 3 nitrogen and oxygen atoms in total. The fourth-order valence-electron chi connectivity index (χ4n) is 0.999. The first-order chi connectivity index (χ1) is 7.08. The minimum Gasteiger partial charge on any atom is -0.341 e. The second-order valence-corrected chi connectivity index (χ2v) is 3.33. The number of allylic oxidation sites excluding steroid dienone is 1. The number of rotatable bonds is 2. The molecule has 1 aliphatic rings. The molecule has 0 saturated carbocycles. The average molecular weight is 206 g/mol. The summed E-state index contributed by atoms with van der Waals surface area (Å²) >= 11 is 0. The fraction of sp³-hybridized carbons (Fsp3) is 0.417. The first kappa shape index (κ1) is 11.7. The van der Waals surface area contributed by atoms with Crippen molar-refractivity contribution in [3.05, 3.63) is 24.3 Å². The highest BCUT2D eigenvalue weighted by atomic mass is 16.7. The number of ketones is 1. The van der Waals surface area contributed by atoms with Gasteiger partial charge in [0.2, 0.25) is 0 Å². The van der Waals surface area contributed by atoms with Crippen LogP contribution in [-0.4, -0.2) is 24.8 Å². The van der Waals surface area contributed by atoms with E-state index >= 15 is 0 Å². The van der Waals surface area contributed by atoms with Crippen molar-refractivity contribution in [3.8, 4) is 11.8 Å². The molecule has 0 N–H and O–H groups in total. The summed E-state index contributed by atoms with van der Waals surface area (Å²) in [6, 6.07) is 0. The van der Waals surface area contributed by atoms with Gasteiger partial charge in [0.05, 0.1) is 0 Å². The monoisotopic (exact) mass is 206 g/mol. The van der Waals surface area contributed by atoms with Gasteiger partial charge in [-0.25, -0.2) is 0 Å². The van der Waals surface area contributed by atoms with Crippen LogP contribution in [0.5, 0.6) is 0 Å². The SMILES string of the molecule is C=C(C)C#C[C@@H](C)O[C@@H]1C=CC(=O)CO1. The van der Waals surface area contributed by atoms with Gasteiger partial charge in [-0.15, -0.1) is 0 Å².